The van der Waals surface area contributed by atoms with Gasteiger partial charge in [-0.25, -0.2) is 0 Å². The molecule has 0 fully saturated rings. The van der Waals surface area contributed by atoms with Crippen molar-refractivity contribution in [3.8, 4) is 0 Å². The van der Waals surface area contributed by atoms with Gasteiger partial charge in [0.2, 0.25) is 0 Å². The van der Waals surface area contributed by atoms with Gasteiger partial charge in [0.05, 0.1) is 0 Å². The predicted molar refractivity (Wildman–Crippen MR) is 94.3 cm³/mol. The maximum absolute atomic E-state index is 12.3. The summed E-state index contributed by atoms with van der Waals surface area (Å²) in [7, 11) is 0. The topological polar surface area (TPSA) is 20.3 Å². The molecule has 0 saturated heterocycles. The molecule has 4 heteroatoms. The predicted octanol–water partition coefficient (Wildman–Crippen LogP) is 4.71. The molecule has 0 aromatic heterocycles. The van der Waals surface area contributed by atoms with Crippen molar-refractivity contribution >= 4 is 35.9 Å². The monoisotopic (exact) mass is 329 g/mol. The number of hydrogen-bond donors (Lipinski definition) is 0. The lowest BCUT2D eigenvalue weighted by Crippen LogP contribution is -2.38. The Kier molecular flexibility index (Phi) is 8.88. The summed E-state index contributed by atoms with van der Waals surface area (Å²) in [6.45, 7) is 11.0. The van der Waals surface area contributed by atoms with Crippen LogP contribution in [-0.2, 0) is 4.79 Å². The second-order valence-corrected chi connectivity index (χ2v) is 6.03. The molecule has 0 bridgehead atoms. The minimum absolute atomic E-state index is 0. The van der Waals surface area contributed by atoms with Gasteiger partial charge in [0.25, 0.3) is 0 Å². The Hall–Kier alpha value is -0.830. The van der Waals surface area contributed by atoms with Crippen molar-refractivity contribution in [2.45, 2.75) is 27.7 Å². The Labute approximate surface area is 139 Å². The van der Waals surface area contributed by atoms with Crippen LogP contribution in [0.4, 0.5) is 0 Å². The molecule has 1 aromatic rings. The molecule has 2 nitrogen and oxygen atoms in total. The first-order valence-corrected chi connectivity index (χ1v) is 7.47. The molecule has 0 amide bonds. The number of nitrogens with zero attached hydrogens (tertiary/aromatic N) is 1. The summed E-state index contributed by atoms with van der Waals surface area (Å²) in [4.78, 5) is 14.6. The van der Waals surface area contributed by atoms with Crippen LogP contribution in [-0.4, -0.2) is 30.3 Å². The van der Waals surface area contributed by atoms with Gasteiger partial charge in [-0.1, -0.05) is 57.5 Å². The summed E-state index contributed by atoms with van der Waals surface area (Å²) in [6.07, 6.45) is 3.52. The van der Waals surface area contributed by atoms with Gasteiger partial charge in [-0.2, -0.15) is 0 Å². The molecule has 0 spiro atoms. The lowest BCUT2D eigenvalue weighted by molar-refractivity contribution is -0.123. The molecule has 0 heterocycles. The van der Waals surface area contributed by atoms with Gasteiger partial charge < -0.3 is 4.90 Å². The van der Waals surface area contributed by atoms with E-state index < -0.39 is 0 Å². The molecular formula is C17H25Cl2NO. The van der Waals surface area contributed by atoms with Gasteiger partial charge in [0.1, 0.15) is 0 Å². The molecule has 0 N–H and O–H groups in total. The first kappa shape index (κ1) is 20.2. The minimum Gasteiger partial charge on any atom is -0.303 e. The van der Waals surface area contributed by atoms with Crippen molar-refractivity contribution in [3.05, 3.63) is 40.9 Å². The summed E-state index contributed by atoms with van der Waals surface area (Å²) in [5.74, 6) is 0.152. The third-order valence-electron chi connectivity index (χ3n) is 3.48. The van der Waals surface area contributed by atoms with E-state index in [0.717, 1.165) is 25.2 Å². The molecule has 0 saturated carbocycles. The van der Waals surface area contributed by atoms with E-state index in [1.807, 2.05) is 44.2 Å². The third kappa shape index (κ3) is 6.64. The number of allylic oxidation sites excluding steroid dienone is 1. The molecule has 0 radical (unpaired) electrons. The Morgan fingerprint density at radius 2 is 1.71 bits per heavy atom. The average molecular weight is 330 g/mol. The van der Waals surface area contributed by atoms with Crippen LogP contribution in [0.15, 0.2) is 30.3 Å². The summed E-state index contributed by atoms with van der Waals surface area (Å²) in [5.41, 5.74) is 0.621. The first-order chi connectivity index (χ1) is 9.39. The molecular weight excluding hydrogens is 305 g/mol. The van der Waals surface area contributed by atoms with E-state index in [1.54, 1.807) is 6.08 Å². The van der Waals surface area contributed by atoms with Crippen LogP contribution in [0.25, 0.3) is 6.08 Å². The van der Waals surface area contributed by atoms with E-state index in [0.29, 0.717) is 5.02 Å². The fraction of sp³-hybridized carbons (Fsp3) is 0.471. The van der Waals surface area contributed by atoms with Crippen LogP contribution in [0.3, 0.4) is 0 Å². The zero-order valence-electron chi connectivity index (χ0n) is 13.2. The Balaban J connectivity index is 0.00000400. The fourth-order valence-corrected chi connectivity index (χ4v) is 2.18. The van der Waals surface area contributed by atoms with Crippen molar-refractivity contribution in [2.24, 2.45) is 5.41 Å². The smallest absolute Gasteiger partial charge is 0.162 e. The Morgan fingerprint density at radius 3 is 2.19 bits per heavy atom. The lowest BCUT2D eigenvalue weighted by Gasteiger charge is -2.29. The lowest BCUT2D eigenvalue weighted by atomic mass is 9.87. The van der Waals surface area contributed by atoms with Crippen LogP contribution < -0.4 is 0 Å². The second kappa shape index (κ2) is 9.24. The second-order valence-electron chi connectivity index (χ2n) is 5.59. The SMILES string of the molecule is CCN(CC)CC(C)(C)C(=O)C=Cc1ccc(Cl)cc1.Cl. The van der Waals surface area contributed by atoms with Crippen LogP contribution in [0.5, 0.6) is 0 Å². The maximum Gasteiger partial charge on any atom is 0.162 e. The highest BCUT2D eigenvalue weighted by Gasteiger charge is 2.27. The molecule has 1 rings (SSSR count). The van der Waals surface area contributed by atoms with Gasteiger partial charge in [-0.15, -0.1) is 12.4 Å². The highest BCUT2D eigenvalue weighted by Crippen LogP contribution is 2.20. The maximum atomic E-state index is 12.3. The van der Waals surface area contributed by atoms with Crippen molar-refractivity contribution in [1.29, 1.82) is 0 Å². The average Bonchev–Trinajstić information content (AvgIpc) is 2.43. The Morgan fingerprint density at radius 1 is 1.19 bits per heavy atom. The zero-order valence-corrected chi connectivity index (χ0v) is 14.8. The van der Waals surface area contributed by atoms with E-state index in [1.165, 1.54) is 0 Å². The summed E-state index contributed by atoms with van der Waals surface area (Å²) in [6, 6.07) is 7.46. The summed E-state index contributed by atoms with van der Waals surface area (Å²) in [5, 5.41) is 0.704. The van der Waals surface area contributed by atoms with Gasteiger partial charge in [-0.05, 0) is 36.9 Å². The molecule has 0 atom stereocenters. The van der Waals surface area contributed by atoms with Gasteiger partial charge in [0, 0.05) is 17.0 Å². The van der Waals surface area contributed by atoms with E-state index in [9.17, 15) is 4.79 Å². The van der Waals surface area contributed by atoms with E-state index >= 15 is 0 Å². The van der Waals surface area contributed by atoms with Crippen LogP contribution in [0, 0.1) is 5.41 Å². The number of halogens is 2. The molecule has 21 heavy (non-hydrogen) atoms. The number of carbonyl (C=O) groups is 1. The number of benzene rings is 1. The van der Waals surface area contributed by atoms with Gasteiger partial charge in [-0.3, -0.25) is 4.79 Å². The molecule has 118 valence electrons. The highest BCUT2D eigenvalue weighted by atomic mass is 35.5. The number of hydrogen-bond acceptors (Lipinski definition) is 2. The standard InChI is InChI=1S/C17H24ClNO.ClH/c1-5-19(6-2)13-17(3,4)16(20)12-9-14-7-10-15(18)11-8-14;/h7-12H,5-6,13H2,1-4H3;1H. The number of ketones is 1. The van der Waals surface area contributed by atoms with E-state index in [2.05, 4.69) is 18.7 Å². The summed E-state index contributed by atoms with van der Waals surface area (Å²) < 4.78 is 0. The fourth-order valence-electron chi connectivity index (χ4n) is 2.06. The largest absolute Gasteiger partial charge is 0.303 e. The normalized spacial score (nSPS) is 11.7. The van der Waals surface area contributed by atoms with Crippen molar-refractivity contribution in [3.63, 3.8) is 0 Å². The highest BCUT2D eigenvalue weighted by molar-refractivity contribution is 6.30. The molecule has 0 unspecified atom stereocenters. The Bertz CT molecular complexity index is 462. The van der Waals surface area contributed by atoms with Gasteiger partial charge in [0.15, 0.2) is 5.78 Å². The first-order valence-electron chi connectivity index (χ1n) is 7.09. The van der Waals surface area contributed by atoms with Crippen molar-refractivity contribution in [1.82, 2.24) is 4.90 Å². The minimum atomic E-state index is -0.366. The molecule has 0 aliphatic rings. The third-order valence-corrected chi connectivity index (χ3v) is 3.73. The van der Waals surface area contributed by atoms with Crippen LogP contribution in [0.1, 0.15) is 33.3 Å². The number of carbonyl (C=O) groups excluding carboxylic acids is 1. The number of rotatable bonds is 7. The van der Waals surface area contributed by atoms with E-state index in [-0.39, 0.29) is 23.6 Å². The summed E-state index contributed by atoms with van der Waals surface area (Å²) >= 11 is 5.84. The molecule has 0 aliphatic heterocycles. The molecule has 0 aliphatic carbocycles. The van der Waals surface area contributed by atoms with E-state index in [4.69, 9.17) is 11.6 Å². The van der Waals surface area contributed by atoms with Gasteiger partial charge >= 0.3 is 0 Å². The molecule has 1 aromatic carbocycles. The van der Waals surface area contributed by atoms with Crippen LogP contribution >= 0.6 is 24.0 Å². The quantitative estimate of drug-likeness (QED) is 0.675. The zero-order chi connectivity index (χ0) is 15.2. The van der Waals surface area contributed by atoms with Crippen molar-refractivity contribution in [2.75, 3.05) is 19.6 Å². The van der Waals surface area contributed by atoms with Crippen LogP contribution in [0.2, 0.25) is 5.02 Å². The van der Waals surface area contributed by atoms with Crippen molar-refractivity contribution < 1.29 is 4.79 Å².